The predicted molar refractivity (Wildman–Crippen MR) is 101 cm³/mol. The number of carbonyl (C=O) groups is 1. The number of fused-ring (bicyclic) bond motifs is 1. The smallest absolute Gasteiger partial charge is 0.220 e. The molecule has 8 nitrogen and oxygen atoms in total. The van der Waals surface area contributed by atoms with E-state index in [1.807, 2.05) is 12.1 Å². The van der Waals surface area contributed by atoms with E-state index >= 15 is 0 Å². The number of thiophene rings is 1. The van der Waals surface area contributed by atoms with Gasteiger partial charge in [-0.15, -0.1) is 14.8 Å². The first kappa shape index (κ1) is 16.6. The molecule has 0 bridgehead atoms. The second-order valence-corrected chi connectivity index (χ2v) is 8.35. The summed E-state index contributed by atoms with van der Waals surface area (Å²) < 4.78 is 1.47. The van der Waals surface area contributed by atoms with Crippen LogP contribution in [0, 0.1) is 5.41 Å². The lowest BCUT2D eigenvalue weighted by atomic mass is 9.92. The molecule has 27 heavy (non-hydrogen) atoms. The summed E-state index contributed by atoms with van der Waals surface area (Å²) >= 11 is 1.68. The van der Waals surface area contributed by atoms with Crippen molar-refractivity contribution < 1.29 is 4.79 Å². The van der Waals surface area contributed by atoms with Crippen molar-refractivity contribution in [1.29, 1.82) is 0 Å². The van der Waals surface area contributed by atoms with Crippen LogP contribution in [0.4, 0.5) is 5.82 Å². The summed E-state index contributed by atoms with van der Waals surface area (Å²) in [5.74, 6) is 1.08. The Labute approximate surface area is 160 Å². The lowest BCUT2D eigenvalue weighted by Crippen LogP contribution is -2.40. The average Bonchev–Trinajstić information content (AvgIpc) is 3.08. The summed E-state index contributed by atoms with van der Waals surface area (Å²) in [6, 6.07) is 6.35. The van der Waals surface area contributed by atoms with Gasteiger partial charge in [0.05, 0.1) is 0 Å². The van der Waals surface area contributed by atoms with Gasteiger partial charge < -0.3 is 9.80 Å². The molecule has 4 heterocycles. The Balaban J connectivity index is 1.26. The average molecular weight is 383 g/mol. The van der Waals surface area contributed by atoms with Gasteiger partial charge >= 0.3 is 0 Å². The Bertz CT molecular complexity index is 961. The van der Waals surface area contributed by atoms with Crippen molar-refractivity contribution in [2.24, 2.45) is 5.41 Å². The summed E-state index contributed by atoms with van der Waals surface area (Å²) in [6.45, 7) is 4.31. The number of aromatic nitrogens is 5. The fourth-order valence-corrected chi connectivity index (χ4v) is 4.97. The Kier molecular flexibility index (Phi) is 3.85. The first-order chi connectivity index (χ1) is 13.1. The topological polar surface area (TPSA) is 79.5 Å². The van der Waals surface area contributed by atoms with Crippen LogP contribution in [0.25, 0.3) is 5.65 Å². The molecule has 2 fully saturated rings. The number of rotatable bonds is 4. The van der Waals surface area contributed by atoms with Gasteiger partial charge in [0.25, 0.3) is 0 Å². The van der Waals surface area contributed by atoms with Gasteiger partial charge in [0.1, 0.15) is 0 Å². The van der Waals surface area contributed by atoms with E-state index < -0.39 is 0 Å². The molecule has 0 N–H and O–H groups in total. The summed E-state index contributed by atoms with van der Waals surface area (Å²) in [4.78, 5) is 16.6. The first-order valence-corrected chi connectivity index (χ1v) is 10.2. The predicted octanol–water partition coefficient (Wildman–Crippen LogP) is 1.99. The summed E-state index contributed by atoms with van der Waals surface area (Å²) in [6.07, 6.45) is 3.28. The molecule has 3 aromatic rings. The van der Waals surface area contributed by atoms with Crippen LogP contribution in [0.3, 0.4) is 0 Å². The van der Waals surface area contributed by atoms with E-state index in [0.717, 1.165) is 44.7 Å². The molecule has 1 amide bonds. The first-order valence-electron chi connectivity index (χ1n) is 9.23. The van der Waals surface area contributed by atoms with Crippen LogP contribution >= 0.6 is 11.3 Å². The quantitative estimate of drug-likeness (QED) is 0.685. The Morgan fingerprint density at radius 3 is 2.93 bits per heavy atom. The molecule has 1 aliphatic carbocycles. The van der Waals surface area contributed by atoms with Crippen molar-refractivity contribution in [1.82, 2.24) is 30.2 Å². The zero-order valence-electron chi connectivity index (χ0n) is 15.2. The molecule has 1 saturated carbocycles. The third-order valence-corrected chi connectivity index (χ3v) is 6.73. The van der Waals surface area contributed by atoms with Crippen molar-refractivity contribution in [2.45, 2.75) is 38.8 Å². The maximum atomic E-state index is 12.2. The van der Waals surface area contributed by atoms with Crippen LogP contribution in [0.15, 0.2) is 29.0 Å². The molecule has 140 valence electrons. The molecule has 1 atom stereocenters. The lowest BCUT2D eigenvalue weighted by Gasteiger charge is -2.35. The number of anilines is 1. The Morgan fingerprint density at radius 2 is 2.19 bits per heavy atom. The van der Waals surface area contributed by atoms with Crippen molar-refractivity contribution in [3.8, 4) is 0 Å². The van der Waals surface area contributed by atoms with E-state index in [-0.39, 0.29) is 11.3 Å². The number of tetrazole rings is 1. The second-order valence-electron chi connectivity index (χ2n) is 7.57. The molecule has 0 aromatic carbocycles. The maximum Gasteiger partial charge on any atom is 0.220 e. The van der Waals surface area contributed by atoms with E-state index in [1.165, 1.54) is 10.2 Å². The Morgan fingerprint density at radius 1 is 1.33 bits per heavy atom. The second kappa shape index (κ2) is 6.26. The highest BCUT2D eigenvalue weighted by molar-refractivity contribution is 7.07. The highest BCUT2D eigenvalue weighted by Crippen LogP contribution is 2.57. The summed E-state index contributed by atoms with van der Waals surface area (Å²) in [7, 11) is 0. The van der Waals surface area contributed by atoms with Crippen LogP contribution < -0.4 is 4.90 Å². The van der Waals surface area contributed by atoms with Gasteiger partial charge in [-0.2, -0.15) is 11.3 Å². The fraction of sp³-hybridized carbons (Fsp3) is 0.500. The van der Waals surface area contributed by atoms with Crippen molar-refractivity contribution in [2.75, 3.05) is 18.0 Å². The number of nitrogens with zero attached hydrogens (tertiary/aromatic N) is 7. The summed E-state index contributed by atoms with van der Waals surface area (Å²) in [5.41, 5.74) is 2.16. The van der Waals surface area contributed by atoms with Crippen molar-refractivity contribution in [3.63, 3.8) is 0 Å². The minimum atomic E-state index is 0.177. The zero-order valence-corrected chi connectivity index (χ0v) is 16.0. The third kappa shape index (κ3) is 2.95. The normalized spacial score (nSPS) is 20.9. The number of hydrogen-bond donors (Lipinski definition) is 0. The molecular weight excluding hydrogens is 362 g/mol. The van der Waals surface area contributed by atoms with Gasteiger partial charge in [-0.3, -0.25) is 4.79 Å². The van der Waals surface area contributed by atoms with Crippen LogP contribution in [0.2, 0.25) is 0 Å². The van der Waals surface area contributed by atoms with Gasteiger partial charge in [-0.25, -0.2) is 0 Å². The van der Waals surface area contributed by atoms with Gasteiger partial charge in [0, 0.05) is 32.6 Å². The molecule has 2 aliphatic rings. The minimum Gasteiger partial charge on any atom is -0.355 e. The largest absolute Gasteiger partial charge is 0.355 e. The molecule has 1 aliphatic heterocycles. The number of amides is 1. The van der Waals surface area contributed by atoms with E-state index in [2.05, 4.69) is 47.3 Å². The van der Waals surface area contributed by atoms with E-state index in [0.29, 0.717) is 11.7 Å². The number of hydrogen-bond acceptors (Lipinski definition) is 7. The monoisotopic (exact) mass is 383 g/mol. The van der Waals surface area contributed by atoms with Gasteiger partial charge in [0.15, 0.2) is 11.5 Å². The molecule has 1 spiro atoms. The van der Waals surface area contributed by atoms with Crippen LogP contribution in [-0.4, -0.2) is 55.2 Å². The van der Waals surface area contributed by atoms with E-state index in [1.54, 1.807) is 18.3 Å². The molecule has 0 radical (unpaired) electrons. The molecule has 3 aromatic heterocycles. The maximum absolute atomic E-state index is 12.2. The van der Waals surface area contributed by atoms with Gasteiger partial charge in [-0.05, 0) is 69.6 Å². The summed E-state index contributed by atoms with van der Waals surface area (Å²) in [5, 5.41) is 20.1. The van der Waals surface area contributed by atoms with Crippen LogP contribution in [-0.2, 0) is 11.3 Å². The highest BCUT2D eigenvalue weighted by Gasteiger charge is 2.58. The van der Waals surface area contributed by atoms with Crippen molar-refractivity contribution >= 4 is 28.7 Å². The lowest BCUT2D eigenvalue weighted by molar-refractivity contribution is -0.130. The van der Waals surface area contributed by atoms with Crippen molar-refractivity contribution in [3.05, 3.63) is 34.5 Å². The molecule has 1 unspecified atom stereocenters. The van der Waals surface area contributed by atoms with Gasteiger partial charge in [0.2, 0.25) is 5.91 Å². The van der Waals surface area contributed by atoms with Crippen LogP contribution in [0.5, 0.6) is 0 Å². The van der Waals surface area contributed by atoms with Gasteiger partial charge in [-0.1, -0.05) is 0 Å². The standard InChI is InChI=1S/C18H21N7OS/c1-13(26)24(11-14-4-9-27-12-14)15-10-18(15)5-7-23(8-6-18)17-3-2-16-19-21-22-25(16)20-17/h2-4,9,12,15H,5-8,10-11H2,1H3. The van der Waals surface area contributed by atoms with E-state index in [9.17, 15) is 4.79 Å². The fourth-order valence-electron chi connectivity index (χ4n) is 4.31. The number of piperidine rings is 1. The third-order valence-electron chi connectivity index (χ3n) is 6.00. The molecular formula is C18H21N7OS. The molecule has 5 rings (SSSR count). The molecule has 9 heteroatoms. The Hall–Kier alpha value is -2.55. The van der Waals surface area contributed by atoms with Crippen LogP contribution in [0.1, 0.15) is 31.7 Å². The number of carbonyl (C=O) groups excluding carboxylic acids is 1. The zero-order chi connectivity index (χ0) is 18.4. The minimum absolute atomic E-state index is 0.177. The SMILES string of the molecule is CC(=O)N(Cc1ccsc1)C1CC12CCN(c1ccc3nnnn3n1)CC2. The highest BCUT2D eigenvalue weighted by atomic mass is 32.1. The van der Waals surface area contributed by atoms with E-state index in [4.69, 9.17) is 0 Å². The molecule has 1 saturated heterocycles.